The Kier molecular flexibility index (Phi) is 2.75. The maximum Gasteiger partial charge on any atom is 0.220 e. The fourth-order valence-electron chi connectivity index (χ4n) is 1.40. The van der Waals surface area contributed by atoms with Crippen LogP contribution >= 0.6 is 12.2 Å². The lowest BCUT2D eigenvalue weighted by Crippen LogP contribution is -2.29. The molecule has 0 radical (unpaired) electrons. The Bertz CT molecular complexity index is 334. The molecule has 0 aliphatic heterocycles. The summed E-state index contributed by atoms with van der Waals surface area (Å²) in [5, 5.41) is 6.60. The van der Waals surface area contributed by atoms with Crippen LogP contribution < -0.4 is 5.73 Å². The van der Waals surface area contributed by atoms with E-state index in [0.717, 1.165) is 12.8 Å². The van der Waals surface area contributed by atoms with Crippen LogP contribution in [-0.2, 0) is 5.54 Å². The highest BCUT2D eigenvalue weighted by Gasteiger charge is 2.25. The molecule has 1 heterocycles. The minimum atomic E-state index is -0.0197. The molecule has 0 amide bonds. The molecule has 0 fully saturated rings. The van der Waals surface area contributed by atoms with Crippen molar-refractivity contribution in [2.24, 2.45) is 0 Å². The third-order valence-electron chi connectivity index (χ3n) is 2.76. The van der Waals surface area contributed by atoms with Gasteiger partial charge in [-0.05, 0) is 32.0 Å². The fourth-order valence-corrected chi connectivity index (χ4v) is 1.76. The molecule has 0 aliphatic carbocycles. The number of nitrogens with one attached hydrogen (secondary N) is 1. The quantitative estimate of drug-likeness (QED) is 0.734. The van der Waals surface area contributed by atoms with Gasteiger partial charge in [-0.3, -0.25) is 4.57 Å². The molecule has 13 heavy (non-hydrogen) atoms. The van der Waals surface area contributed by atoms with Crippen LogP contribution in [0.15, 0.2) is 0 Å². The predicted molar refractivity (Wildman–Crippen MR) is 56.1 cm³/mol. The van der Waals surface area contributed by atoms with Crippen molar-refractivity contribution in [2.75, 3.05) is 5.73 Å². The first kappa shape index (κ1) is 10.2. The topological polar surface area (TPSA) is 59.6 Å². The van der Waals surface area contributed by atoms with Gasteiger partial charge >= 0.3 is 0 Å². The average molecular weight is 200 g/mol. The minimum Gasteiger partial charge on any atom is -0.368 e. The summed E-state index contributed by atoms with van der Waals surface area (Å²) in [6, 6.07) is 0. The van der Waals surface area contributed by atoms with Gasteiger partial charge in [-0.2, -0.15) is 0 Å². The SMILES string of the molecule is CCC(C)(CC)n1c(N)n[nH]c1=S. The van der Waals surface area contributed by atoms with Gasteiger partial charge in [0.1, 0.15) is 0 Å². The van der Waals surface area contributed by atoms with Gasteiger partial charge in [0.2, 0.25) is 5.95 Å². The lowest BCUT2D eigenvalue weighted by atomic mass is 9.95. The number of aromatic nitrogens is 3. The first-order chi connectivity index (χ1) is 6.05. The molecule has 0 spiro atoms. The second kappa shape index (κ2) is 3.49. The molecule has 0 saturated carbocycles. The van der Waals surface area contributed by atoms with E-state index in [-0.39, 0.29) is 5.54 Å². The summed E-state index contributed by atoms with van der Waals surface area (Å²) in [5.74, 6) is 0.469. The molecule has 3 N–H and O–H groups in total. The van der Waals surface area contributed by atoms with Crippen molar-refractivity contribution >= 4 is 18.2 Å². The van der Waals surface area contributed by atoms with Crippen molar-refractivity contribution in [3.8, 4) is 0 Å². The van der Waals surface area contributed by atoms with Gasteiger partial charge in [-0.1, -0.05) is 13.8 Å². The van der Waals surface area contributed by atoms with Crippen molar-refractivity contribution in [2.45, 2.75) is 39.2 Å². The van der Waals surface area contributed by atoms with E-state index in [9.17, 15) is 0 Å². The van der Waals surface area contributed by atoms with Crippen LogP contribution in [0.4, 0.5) is 5.95 Å². The zero-order valence-corrected chi connectivity index (χ0v) is 9.11. The summed E-state index contributed by atoms with van der Waals surface area (Å²) in [7, 11) is 0. The lowest BCUT2D eigenvalue weighted by molar-refractivity contribution is 0.294. The maximum absolute atomic E-state index is 5.73. The van der Waals surface area contributed by atoms with E-state index in [1.807, 2.05) is 4.57 Å². The van der Waals surface area contributed by atoms with Crippen molar-refractivity contribution in [3.63, 3.8) is 0 Å². The van der Waals surface area contributed by atoms with Crippen molar-refractivity contribution in [1.29, 1.82) is 0 Å². The van der Waals surface area contributed by atoms with Gasteiger partial charge in [0, 0.05) is 5.54 Å². The van der Waals surface area contributed by atoms with Crippen LogP contribution in [0.1, 0.15) is 33.6 Å². The molecule has 0 unspecified atom stereocenters. The van der Waals surface area contributed by atoms with E-state index in [1.54, 1.807) is 0 Å². The van der Waals surface area contributed by atoms with E-state index in [2.05, 4.69) is 31.0 Å². The molecular formula is C8H16N4S. The molecule has 74 valence electrons. The van der Waals surface area contributed by atoms with Gasteiger partial charge in [0.05, 0.1) is 0 Å². The maximum atomic E-state index is 5.73. The zero-order valence-electron chi connectivity index (χ0n) is 8.29. The number of H-pyrrole nitrogens is 1. The summed E-state index contributed by atoms with van der Waals surface area (Å²) in [4.78, 5) is 0. The van der Waals surface area contributed by atoms with Crippen molar-refractivity contribution < 1.29 is 0 Å². The van der Waals surface area contributed by atoms with E-state index in [1.165, 1.54) is 0 Å². The number of rotatable bonds is 3. The largest absolute Gasteiger partial charge is 0.368 e. The lowest BCUT2D eigenvalue weighted by Gasteiger charge is -2.28. The third-order valence-corrected chi connectivity index (χ3v) is 3.04. The Balaban J connectivity index is 3.26. The number of hydrogen-bond acceptors (Lipinski definition) is 3. The van der Waals surface area contributed by atoms with Gasteiger partial charge < -0.3 is 5.73 Å². The first-order valence-corrected chi connectivity index (χ1v) is 4.89. The molecule has 4 nitrogen and oxygen atoms in total. The first-order valence-electron chi connectivity index (χ1n) is 4.48. The number of hydrogen-bond donors (Lipinski definition) is 2. The molecule has 0 atom stereocenters. The average Bonchev–Trinajstić information content (AvgIpc) is 2.46. The zero-order chi connectivity index (χ0) is 10.1. The van der Waals surface area contributed by atoms with Crippen molar-refractivity contribution in [1.82, 2.24) is 14.8 Å². The summed E-state index contributed by atoms with van der Waals surface area (Å²) in [5.41, 5.74) is 5.71. The normalized spacial score (nSPS) is 11.9. The van der Waals surface area contributed by atoms with Crippen LogP contribution in [0.2, 0.25) is 0 Å². The van der Waals surface area contributed by atoms with Crippen LogP contribution in [-0.4, -0.2) is 14.8 Å². The molecule has 5 heteroatoms. The predicted octanol–water partition coefficient (Wildman–Crippen LogP) is 2.06. The standard InChI is InChI=1S/C8H16N4S/c1-4-8(3,5-2)12-6(9)10-11-7(12)13/h4-5H2,1-3H3,(H2,9,10)(H,11,13). The van der Waals surface area contributed by atoms with E-state index < -0.39 is 0 Å². The van der Waals surface area contributed by atoms with E-state index in [4.69, 9.17) is 18.0 Å². The monoisotopic (exact) mass is 200 g/mol. The summed E-state index contributed by atoms with van der Waals surface area (Å²) >= 11 is 5.12. The van der Waals surface area contributed by atoms with Gasteiger partial charge in [-0.15, -0.1) is 5.10 Å². The molecule has 0 aliphatic rings. The molecular weight excluding hydrogens is 184 g/mol. The number of nitrogens with two attached hydrogens (primary N) is 1. The Hall–Kier alpha value is -0.840. The second-order valence-electron chi connectivity index (χ2n) is 3.43. The fraction of sp³-hybridized carbons (Fsp3) is 0.750. The Morgan fingerprint density at radius 1 is 1.54 bits per heavy atom. The van der Waals surface area contributed by atoms with Crippen LogP contribution in [0, 0.1) is 4.77 Å². The Labute approximate surface area is 83.1 Å². The smallest absolute Gasteiger partial charge is 0.220 e. The second-order valence-corrected chi connectivity index (χ2v) is 3.81. The highest BCUT2D eigenvalue weighted by Crippen LogP contribution is 2.26. The van der Waals surface area contributed by atoms with Crippen LogP contribution in [0.3, 0.4) is 0 Å². The molecule has 1 rings (SSSR count). The Morgan fingerprint density at radius 3 is 2.38 bits per heavy atom. The minimum absolute atomic E-state index is 0.0197. The number of nitrogen functional groups attached to an aromatic ring is 1. The molecule has 1 aromatic heterocycles. The number of aromatic amines is 1. The molecule has 0 bridgehead atoms. The van der Waals surface area contributed by atoms with E-state index >= 15 is 0 Å². The van der Waals surface area contributed by atoms with Crippen LogP contribution in [0.5, 0.6) is 0 Å². The molecule has 0 saturated heterocycles. The summed E-state index contributed by atoms with van der Waals surface area (Å²) in [6.07, 6.45) is 1.98. The van der Waals surface area contributed by atoms with Crippen LogP contribution in [0.25, 0.3) is 0 Å². The summed E-state index contributed by atoms with van der Waals surface area (Å²) in [6.45, 7) is 6.38. The summed E-state index contributed by atoms with van der Waals surface area (Å²) < 4.78 is 2.49. The third kappa shape index (κ3) is 1.60. The number of nitrogens with zero attached hydrogens (tertiary/aromatic N) is 2. The van der Waals surface area contributed by atoms with Gasteiger partial charge in [0.15, 0.2) is 4.77 Å². The van der Waals surface area contributed by atoms with E-state index in [0.29, 0.717) is 10.7 Å². The molecule has 0 aromatic carbocycles. The Morgan fingerprint density at radius 2 is 2.08 bits per heavy atom. The highest BCUT2D eigenvalue weighted by molar-refractivity contribution is 7.71. The molecule has 1 aromatic rings. The van der Waals surface area contributed by atoms with Gasteiger partial charge in [0.25, 0.3) is 0 Å². The number of anilines is 1. The highest BCUT2D eigenvalue weighted by atomic mass is 32.1. The van der Waals surface area contributed by atoms with Crippen molar-refractivity contribution in [3.05, 3.63) is 4.77 Å². The van der Waals surface area contributed by atoms with Gasteiger partial charge in [-0.25, -0.2) is 5.10 Å².